The van der Waals surface area contributed by atoms with E-state index in [2.05, 4.69) is 60.0 Å². The van der Waals surface area contributed by atoms with E-state index in [4.69, 9.17) is 4.98 Å². The van der Waals surface area contributed by atoms with Crippen LogP contribution in [0.25, 0.3) is 0 Å². The molecule has 0 aliphatic heterocycles. The number of nitrogens with zero attached hydrogens (tertiary/aromatic N) is 4. The molecular formula is C22H33N5. The molecule has 5 nitrogen and oxygen atoms in total. The number of unbranched alkanes of at least 4 members (excludes halogenated alkanes) is 2. The molecule has 0 saturated heterocycles. The van der Waals surface area contributed by atoms with Gasteiger partial charge in [0.25, 0.3) is 0 Å². The minimum absolute atomic E-state index is 0.642. The maximum absolute atomic E-state index is 4.79. The molecule has 3 rings (SSSR count). The number of rotatable bonds is 9. The summed E-state index contributed by atoms with van der Waals surface area (Å²) in [7, 11) is 0. The van der Waals surface area contributed by atoms with Gasteiger partial charge in [0.15, 0.2) is 0 Å². The van der Waals surface area contributed by atoms with E-state index >= 15 is 0 Å². The Bertz CT molecular complexity index is 759. The SMILES string of the molecule is CCCCCN(CC1CC1)c1nc(C)nc(Nc2c(C)cc(C)cc2C)n1. The number of hydrogen-bond donors (Lipinski definition) is 1. The summed E-state index contributed by atoms with van der Waals surface area (Å²) >= 11 is 0. The van der Waals surface area contributed by atoms with Gasteiger partial charge in [0, 0.05) is 18.8 Å². The van der Waals surface area contributed by atoms with Gasteiger partial charge in [0.05, 0.1) is 0 Å². The molecule has 1 aliphatic carbocycles. The number of anilines is 3. The predicted octanol–water partition coefficient (Wildman–Crippen LogP) is 5.26. The van der Waals surface area contributed by atoms with Crippen LogP contribution >= 0.6 is 0 Å². The zero-order valence-electron chi connectivity index (χ0n) is 17.5. The standard InChI is InChI=1S/C22H33N5/c1-6-7-8-11-27(14-19-9-10-19)22-24-18(5)23-21(26-22)25-20-16(3)12-15(2)13-17(20)4/h12-13,19H,6-11,14H2,1-5H3,(H,23,24,25,26). The molecule has 0 radical (unpaired) electrons. The van der Waals surface area contributed by atoms with Gasteiger partial charge in [0.1, 0.15) is 5.82 Å². The molecule has 5 heteroatoms. The second-order valence-electron chi connectivity index (χ2n) is 8.00. The van der Waals surface area contributed by atoms with Gasteiger partial charge in [-0.3, -0.25) is 0 Å². The van der Waals surface area contributed by atoms with E-state index in [0.29, 0.717) is 5.95 Å². The van der Waals surface area contributed by atoms with Gasteiger partial charge in [-0.05, 0) is 64.0 Å². The number of benzene rings is 1. The Morgan fingerprint density at radius 3 is 2.33 bits per heavy atom. The molecule has 1 aliphatic rings. The average Bonchev–Trinajstić information content (AvgIpc) is 3.41. The zero-order chi connectivity index (χ0) is 19.4. The Kier molecular flexibility index (Phi) is 6.30. The van der Waals surface area contributed by atoms with E-state index in [-0.39, 0.29) is 0 Å². The van der Waals surface area contributed by atoms with Gasteiger partial charge in [-0.15, -0.1) is 0 Å². The second-order valence-corrected chi connectivity index (χ2v) is 8.00. The van der Waals surface area contributed by atoms with Crippen molar-refractivity contribution in [2.45, 2.75) is 66.7 Å². The molecule has 0 spiro atoms. The Morgan fingerprint density at radius 1 is 1.00 bits per heavy atom. The van der Waals surface area contributed by atoms with Crippen molar-refractivity contribution in [3.8, 4) is 0 Å². The third-order valence-electron chi connectivity index (χ3n) is 5.14. The number of hydrogen-bond acceptors (Lipinski definition) is 5. The van der Waals surface area contributed by atoms with Crippen LogP contribution in [0, 0.1) is 33.6 Å². The van der Waals surface area contributed by atoms with Crippen LogP contribution in [0.2, 0.25) is 0 Å². The molecule has 0 unspecified atom stereocenters. The molecular weight excluding hydrogens is 334 g/mol. The highest BCUT2D eigenvalue weighted by Crippen LogP contribution is 2.31. The molecule has 0 amide bonds. The lowest BCUT2D eigenvalue weighted by Crippen LogP contribution is -2.29. The summed E-state index contributed by atoms with van der Waals surface area (Å²) in [5.41, 5.74) is 4.79. The molecule has 1 saturated carbocycles. The summed E-state index contributed by atoms with van der Waals surface area (Å²) < 4.78 is 0. The smallest absolute Gasteiger partial charge is 0.232 e. The Labute approximate surface area is 163 Å². The van der Waals surface area contributed by atoms with Crippen molar-refractivity contribution in [3.63, 3.8) is 0 Å². The van der Waals surface area contributed by atoms with E-state index in [1.54, 1.807) is 0 Å². The lowest BCUT2D eigenvalue weighted by atomic mass is 10.1. The maximum Gasteiger partial charge on any atom is 0.232 e. The average molecular weight is 368 g/mol. The largest absolute Gasteiger partial charge is 0.340 e. The first-order chi connectivity index (χ1) is 13.0. The van der Waals surface area contributed by atoms with Crippen LogP contribution in [0.1, 0.15) is 61.5 Å². The lowest BCUT2D eigenvalue weighted by Gasteiger charge is -2.23. The van der Waals surface area contributed by atoms with Crippen LogP contribution < -0.4 is 10.2 Å². The summed E-state index contributed by atoms with van der Waals surface area (Å²) in [6.07, 6.45) is 6.33. The van der Waals surface area contributed by atoms with Crippen molar-refractivity contribution in [2.75, 3.05) is 23.3 Å². The first-order valence-corrected chi connectivity index (χ1v) is 10.3. The number of aromatic nitrogens is 3. The van der Waals surface area contributed by atoms with Gasteiger partial charge in [-0.25, -0.2) is 0 Å². The fourth-order valence-electron chi connectivity index (χ4n) is 3.59. The first-order valence-electron chi connectivity index (χ1n) is 10.3. The fraction of sp³-hybridized carbons (Fsp3) is 0.591. The van der Waals surface area contributed by atoms with E-state index in [1.807, 2.05) is 6.92 Å². The van der Waals surface area contributed by atoms with Crippen LogP contribution in [0.4, 0.5) is 17.6 Å². The van der Waals surface area contributed by atoms with Crippen molar-refractivity contribution in [1.82, 2.24) is 15.0 Å². The third-order valence-corrected chi connectivity index (χ3v) is 5.14. The Hall–Kier alpha value is -2.17. The van der Waals surface area contributed by atoms with Crippen molar-refractivity contribution in [3.05, 3.63) is 34.6 Å². The van der Waals surface area contributed by atoms with Gasteiger partial charge < -0.3 is 10.2 Å². The molecule has 0 atom stereocenters. The van der Waals surface area contributed by atoms with Crippen LogP contribution in [-0.4, -0.2) is 28.0 Å². The van der Waals surface area contributed by atoms with Crippen molar-refractivity contribution < 1.29 is 0 Å². The summed E-state index contributed by atoms with van der Waals surface area (Å²) in [4.78, 5) is 16.4. The second kappa shape index (κ2) is 8.68. The minimum atomic E-state index is 0.642. The molecule has 1 aromatic heterocycles. The van der Waals surface area contributed by atoms with Gasteiger partial charge >= 0.3 is 0 Å². The quantitative estimate of drug-likeness (QED) is 0.613. The number of aryl methyl sites for hydroxylation is 4. The van der Waals surface area contributed by atoms with Crippen molar-refractivity contribution in [2.24, 2.45) is 5.92 Å². The van der Waals surface area contributed by atoms with Crippen LogP contribution in [0.3, 0.4) is 0 Å². The summed E-state index contributed by atoms with van der Waals surface area (Å²) in [5, 5.41) is 3.45. The Balaban J connectivity index is 1.84. The molecule has 1 heterocycles. The Morgan fingerprint density at radius 2 is 1.70 bits per heavy atom. The van der Waals surface area contributed by atoms with Crippen molar-refractivity contribution >= 4 is 17.6 Å². The van der Waals surface area contributed by atoms with Gasteiger partial charge in [0.2, 0.25) is 11.9 Å². The fourth-order valence-corrected chi connectivity index (χ4v) is 3.59. The van der Waals surface area contributed by atoms with E-state index < -0.39 is 0 Å². The predicted molar refractivity (Wildman–Crippen MR) is 113 cm³/mol. The molecule has 1 aromatic carbocycles. The zero-order valence-corrected chi connectivity index (χ0v) is 17.5. The summed E-state index contributed by atoms with van der Waals surface area (Å²) in [5.74, 6) is 3.03. The highest BCUT2D eigenvalue weighted by atomic mass is 15.3. The minimum Gasteiger partial charge on any atom is -0.340 e. The molecule has 0 bridgehead atoms. The van der Waals surface area contributed by atoms with Gasteiger partial charge in [-0.1, -0.05) is 37.5 Å². The monoisotopic (exact) mass is 367 g/mol. The van der Waals surface area contributed by atoms with E-state index in [1.165, 1.54) is 48.8 Å². The van der Waals surface area contributed by atoms with Crippen LogP contribution in [0.5, 0.6) is 0 Å². The summed E-state index contributed by atoms with van der Waals surface area (Å²) in [6.45, 7) is 12.7. The normalized spacial score (nSPS) is 13.7. The first kappa shape index (κ1) is 19.6. The molecule has 1 N–H and O–H groups in total. The van der Waals surface area contributed by atoms with Gasteiger partial charge in [-0.2, -0.15) is 15.0 Å². The highest BCUT2D eigenvalue weighted by Gasteiger charge is 2.26. The van der Waals surface area contributed by atoms with Crippen molar-refractivity contribution in [1.29, 1.82) is 0 Å². The molecule has 1 fully saturated rings. The van der Waals surface area contributed by atoms with Crippen LogP contribution in [-0.2, 0) is 0 Å². The lowest BCUT2D eigenvalue weighted by molar-refractivity contribution is 0.637. The molecule has 27 heavy (non-hydrogen) atoms. The van der Waals surface area contributed by atoms with Crippen LogP contribution in [0.15, 0.2) is 12.1 Å². The van der Waals surface area contributed by atoms with E-state index in [9.17, 15) is 0 Å². The third kappa shape index (κ3) is 5.41. The maximum atomic E-state index is 4.79. The highest BCUT2D eigenvalue weighted by molar-refractivity contribution is 5.64. The molecule has 2 aromatic rings. The number of nitrogens with one attached hydrogen (secondary N) is 1. The topological polar surface area (TPSA) is 53.9 Å². The molecule has 146 valence electrons. The summed E-state index contributed by atoms with van der Waals surface area (Å²) in [6, 6.07) is 4.38. The van der Waals surface area contributed by atoms with E-state index in [0.717, 1.165) is 36.5 Å².